The fraction of sp³-hybridized carbons (Fsp3) is 0.207. The quantitative estimate of drug-likeness (QED) is 0.302. The number of allylic oxidation sites excluding steroid dienone is 1. The van der Waals surface area contributed by atoms with E-state index in [4.69, 9.17) is 21.7 Å². The van der Waals surface area contributed by atoms with E-state index < -0.39 is 0 Å². The Morgan fingerprint density at radius 2 is 1.61 bits per heavy atom. The number of aromatic nitrogens is 2. The summed E-state index contributed by atoms with van der Waals surface area (Å²) in [5.41, 5.74) is 7.16. The van der Waals surface area contributed by atoms with Crippen molar-refractivity contribution in [3.63, 3.8) is 0 Å². The number of nitrogens with zero attached hydrogens (tertiary/aromatic N) is 3. The molecule has 36 heavy (non-hydrogen) atoms. The number of hydrogen-bond acceptors (Lipinski definition) is 4. The van der Waals surface area contributed by atoms with Crippen molar-refractivity contribution in [2.75, 3.05) is 0 Å². The first-order valence-electron chi connectivity index (χ1n) is 12.0. The predicted octanol–water partition coefficient (Wildman–Crippen LogP) is 6.61. The van der Waals surface area contributed by atoms with E-state index in [1.807, 2.05) is 6.92 Å². The molecule has 1 aliphatic heterocycles. The van der Waals surface area contributed by atoms with Crippen molar-refractivity contribution in [2.45, 2.75) is 39.8 Å². The zero-order valence-corrected chi connectivity index (χ0v) is 21.3. The Bertz CT molecular complexity index is 1410. The van der Waals surface area contributed by atoms with Gasteiger partial charge in [-0.15, -0.1) is 0 Å². The van der Waals surface area contributed by atoms with Gasteiger partial charge in [0.15, 0.2) is 5.11 Å². The highest BCUT2D eigenvalue weighted by molar-refractivity contribution is 7.80. The van der Waals surface area contributed by atoms with Crippen LogP contribution in [0.15, 0.2) is 83.0 Å². The van der Waals surface area contributed by atoms with Crippen molar-refractivity contribution >= 4 is 22.9 Å². The van der Waals surface area contributed by atoms with Crippen LogP contribution in [0.2, 0.25) is 0 Å². The summed E-state index contributed by atoms with van der Waals surface area (Å²) in [4.78, 5) is 6.77. The Hall–Kier alpha value is -3.84. The van der Waals surface area contributed by atoms with E-state index in [-0.39, 0.29) is 11.9 Å². The maximum absolute atomic E-state index is 13.4. The second-order valence-electron chi connectivity index (χ2n) is 8.98. The topological polar surface area (TPSA) is 54.2 Å². The lowest BCUT2D eigenvalue weighted by Crippen LogP contribution is -2.45. The minimum Gasteiger partial charge on any atom is -0.351 e. The van der Waals surface area contributed by atoms with E-state index in [0.29, 0.717) is 28.9 Å². The largest absolute Gasteiger partial charge is 0.351 e. The summed E-state index contributed by atoms with van der Waals surface area (Å²) >= 11 is 5.83. The van der Waals surface area contributed by atoms with Crippen LogP contribution in [0, 0.1) is 12.7 Å². The van der Waals surface area contributed by atoms with Gasteiger partial charge in [-0.1, -0.05) is 66.2 Å². The molecule has 4 aromatic rings. The van der Waals surface area contributed by atoms with E-state index >= 15 is 0 Å². The molecule has 0 saturated heterocycles. The number of hydrogen-bond donors (Lipinski definition) is 1. The first-order chi connectivity index (χ1) is 17.4. The number of thiocarbonyl (C=S) groups is 1. The standard InChI is InChI=1S/C29H27FN4OS/c1-4-20-7-9-21(10-8-20)17-34-19(3)25(26(31-29(34)36)22-11-5-18(2)6-12-22)28-32-27(33-35-28)23-13-15-24(30)16-14-23/h5-16,26H,4,17H2,1-3H3,(H,31,36). The Labute approximate surface area is 215 Å². The van der Waals surface area contributed by atoms with Crippen molar-refractivity contribution in [3.8, 4) is 11.4 Å². The molecule has 7 heteroatoms. The van der Waals surface area contributed by atoms with E-state index in [1.54, 1.807) is 12.1 Å². The zero-order valence-electron chi connectivity index (χ0n) is 20.5. The first-order valence-corrected chi connectivity index (χ1v) is 12.4. The van der Waals surface area contributed by atoms with Crippen molar-refractivity contribution < 1.29 is 8.91 Å². The Balaban J connectivity index is 1.57. The molecule has 182 valence electrons. The molecule has 3 aromatic carbocycles. The minimum atomic E-state index is -0.312. The molecule has 0 radical (unpaired) electrons. The molecular weight excluding hydrogens is 471 g/mol. The summed E-state index contributed by atoms with van der Waals surface area (Å²) in [6.07, 6.45) is 0.999. The zero-order chi connectivity index (χ0) is 25.2. The maximum Gasteiger partial charge on any atom is 0.258 e. The van der Waals surface area contributed by atoms with Crippen LogP contribution < -0.4 is 5.32 Å². The van der Waals surface area contributed by atoms with Crippen LogP contribution in [0.1, 0.15) is 48.0 Å². The summed E-state index contributed by atoms with van der Waals surface area (Å²) < 4.78 is 19.2. The minimum absolute atomic E-state index is 0.252. The summed E-state index contributed by atoms with van der Waals surface area (Å²) in [5.74, 6) is 0.495. The molecule has 1 atom stereocenters. The Kier molecular flexibility index (Phi) is 6.65. The molecule has 0 fully saturated rings. The van der Waals surface area contributed by atoms with Gasteiger partial charge < -0.3 is 14.7 Å². The average molecular weight is 499 g/mol. The molecule has 1 aliphatic rings. The highest BCUT2D eigenvalue weighted by atomic mass is 32.1. The molecular formula is C29H27FN4OS. The van der Waals surface area contributed by atoms with Crippen LogP contribution >= 0.6 is 12.2 Å². The van der Waals surface area contributed by atoms with Gasteiger partial charge in [-0.05, 0) is 73.4 Å². The number of rotatable bonds is 6. The van der Waals surface area contributed by atoms with Gasteiger partial charge in [0, 0.05) is 17.8 Å². The average Bonchev–Trinajstić information content (AvgIpc) is 3.37. The molecule has 0 spiro atoms. The summed E-state index contributed by atoms with van der Waals surface area (Å²) in [7, 11) is 0. The summed E-state index contributed by atoms with van der Waals surface area (Å²) in [5, 5.41) is 8.33. The van der Waals surface area contributed by atoms with Gasteiger partial charge in [-0.25, -0.2) is 4.39 Å². The lowest BCUT2D eigenvalue weighted by Gasteiger charge is -2.37. The van der Waals surface area contributed by atoms with Gasteiger partial charge >= 0.3 is 0 Å². The molecule has 1 aromatic heterocycles. The number of aryl methyl sites for hydroxylation is 2. The van der Waals surface area contributed by atoms with Crippen molar-refractivity contribution in [2.24, 2.45) is 0 Å². The van der Waals surface area contributed by atoms with Gasteiger partial charge in [-0.3, -0.25) is 0 Å². The monoisotopic (exact) mass is 498 g/mol. The van der Waals surface area contributed by atoms with Crippen molar-refractivity contribution in [1.82, 2.24) is 20.4 Å². The third-order valence-electron chi connectivity index (χ3n) is 6.54. The smallest absolute Gasteiger partial charge is 0.258 e. The fourth-order valence-electron chi connectivity index (χ4n) is 4.37. The van der Waals surface area contributed by atoms with Crippen LogP contribution in [0.3, 0.4) is 0 Å². The third kappa shape index (κ3) is 4.79. The number of halogens is 1. The predicted molar refractivity (Wildman–Crippen MR) is 143 cm³/mol. The van der Waals surface area contributed by atoms with E-state index in [2.05, 4.69) is 77.8 Å². The Morgan fingerprint density at radius 1 is 0.944 bits per heavy atom. The number of benzene rings is 3. The summed E-state index contributed by atoms with van der Waals surface area (Å²) in [6.45, 7) is 6.85. The Morgan fingerprint density at radius 3 is 2.28 bits per heavy atom. The van der Waals surface area contributed by atoms with Crippen LogP contribution in [-0.2, 0) is 13.0 Å². The molecule has 0 aliphatic carbocycles. The second-order valence-corrected chi connectivity index (χ2v) is 9.37. The third-order valence-corrected chi connectivity index (χ3v) is 6.88. The SMILES string of the molecule is CCc1ccc(CN2C(=S)NC(c3ccc(C)cc3)C(c3nc(-c4ccc(F)cc4)no3)=C2C)cc1. The highest BCUT2D eigenvalue weighted by Crippen LogP contribution is 2.38. The van der Waals surface area contributed by atoms with Crippen LogP contribution in [0.4, 0.5) is 4.39 Å². The van der Waals surface area contributed by atoms with Crippen molar-refractivity contribution in [3.05, 3.63) is 112 Å². The molecule has 0 amide bonds. The normalized spacial score (nSPS) is 15.8. The van der Waals surface area contributed by atoms with Gasteiger partial charge in [0.1, 0.15) is 5.82 Å². The van der Waals surface area contributed by atoms with E-state index in [0.717, 1.165) is 28.8 Å². The molecule has 0 saturated carbocycles. The van der Waals surface area contributed by atoms with Crippen LogP contribution in [0.5, 0.6) is 0 Å². The fourth-order valence-corrected chi connectivity index (χ4v) is 4.69. The van der Waals surface area contributed by atoms with Crippen LogP contribution in [-0.4, -0.2) is 20.2 Å². The number of nitrogens with one attached hydrogen (secondary N) is 1. The summed E-state index contributed by atoms with van der Waals surface area (Å²) in [6, 6.07) is 22.7. The lowest BCUT2D eigenvalue weighted by molar-refractivity contribution is 0.396. The molecule has 2 heterocycles. The van der Waals surface area contributed by atoms with E-state index in [1.165, 1.54) is 23.3 Å². The molecule has 5 nitrogen and oxygen atoms in total. The lowest BCUT2D eigenvalue weighted by atomic mass is 9.94. The molecule has 0 bridgehead atoms. The maximum atomic E-state index is 13.4. The molecule has 1 N–H and O–H groups in total. The van der Waals surface area contributed by atoms with E-state index in [9.17, 15) is 4.39 Å². The first kappa shape index (κ1) is 23.9. The van der Waals surface area contributed by atoms with Crippen LogP contribution in [0.25, 0.3) is 17.0 Å². The van der Waals surface area contributed by atoms with Gasteiger partial charge in [0.2, 0.25) is 5.82 Å². The molecule has 1 unspecified atom stereocenters. The van der Waals surface area contributed by atoms with Crippen molar-refractivity contribution in [1.29, 1.82) is 0 Å². The second kappa shape index (κ2) is 10.0. The van der Waals surface area contributed by atoms with Gasteiger partial charge in [0.25, 0.3) is 5.89 Å². The van der Waals surface area contributed by atoms with Gasteiger partial charge in [0.05, 0.1) is 11.6 Å². The van der Waals surface area contributed by atoms with Gasteiger partial charge in [-0.2, -0.15) is 4.98 Å². The molecule has 5 rings (SSSR count). The highest BCUT2D eigenvalue weighted by Gasteiger charge is 2.34.